The summed E-state index contributed by atoms with van der Waals surface area (Å²) in [5.41, 5.74) is 8.27. The summed E-state index contributed by atoms with van der Waals surface area (Å²) in [4.78, 5) is 5.29. The molecule has 0 aromatic heterocycles. The third-order valence-electron chi connectivity index (χ3n) is 5.02. The first-order chi connectivity index (χ1) is 10.2. The van der Waals surface area contributed by atoms with Crippen molar-refractivity contribution in [1.29, 1.82) is 0 Å². The van der Waals surface area contributed by atoms with Crippen LogP contribution in [0.4, 0.5) is 0 Å². The van der Waals surface area contributed by atoms with Crippen LogP contribution >= 0.6 is 0 Å². The van der Waals surface area contributed by atoms with Crippen molar-refractivity contribution >= 4 is 0 Å². The van der Waals surface area contributed by atoms with Crippen molar-refractivity contribution in [2.24, 2.45) is 5.73 Å². The first kappa shape index (κ1) is 14.8. The van der Waals surface area contributed by atoms with Crippen molar-refractivity contribution in [3.8, 4) is 5.75 Å². The molecule has 116 valence electrons. The van der Waals surface area contributed by atoms with Gasteiger partial charge in [-0.15, -0.1) is 0 Å². The van der Waals surface area contributed by atoms with Gasteiger partial charge in [-0.2, -0.15) is 0 Å². The van der Waals surface area contributed by atoms with Crippen molar-refractivity contribution in [1.82, 2.24) is 9.80 Å². The van der Waals surface area contributed by atoms with Crippen molar-refractivity contribution in [3.63, 3.8) is 0 Å². The third-order valence-corrected chi connectivity index (χ3v) is 5.02. The van der Waals surface area contributed by atoms with Crippen molar-refractivity contribution in [3.05, 3.63) is 29.3 Å². The minimum absolute atomic E-state index is 0.531. The van der Waals surface area contributed by atoms with E-state index in [1.165, 1.54) is 38.0 Å². The molecule has 4 nitrogen and oxygen atoms in total. The van der Waals surface area contributed by atoms with E-state index in [1.807, 2.05) is 6.07 Å². The van der Waals surface area contributed by atoms with Gasteiger partial charge in [-0.3, -0.25) is 9.80 Å². The van der Waals surface area contributed by atoms with Gasteiger partial charge in [-0.05, 0) is 44.0 Å². The maximum absolute atomic E-state index is 5.83. The Morgan fingerprint density at radius 1 is 1.33 bits per heavy atom. The third kappa shape index (κ3) is 3.07. The fraction of sp³-hybridized carbons (Fsp3) is 0.647. The molecule has 1 aromatic rings. The number of benzene rings is 1. The fourth-order valence-corrected chi connectivity index (χ4v) is 3.79. The summed E-state index contributed by atoms with van der Waals surface area (Å²) in [6.07, 6.45) is 2.73. The van der Waals surface area contributed by atoms with Crippen LogP contribution in [-0.2, 0) is 13.1 Å². The highest BCUT2D eigenvalue weighted by atomic mass is 16.5. The molecule has 2 unspecified atom stereocenters. The minimum Gasteiger partial charge on any atom is -0.496 e. The number of ether oxygens (including phenoxy) is 1. The molecule has 0 radical (unpaired) electrons. The Bertz CT molecular complexity index is 491. The zero-order chi connectivity index (χ0) is 14.8. The van der Waals surface area contributed by atoms with E-state index in [-0.39, 0.29) is 0 Å². The first-order valence-electron chi connectivity index (χ1n) is 8.05. The lowest BCUT2D eigenvalue weighted by Gasteiger charge is -2.42. The highest BCUT2D eigenvalue weighted by Crippen LogP contribution is 2.27. The minimum atomic E-state index is 0.531. The summed E-state index contributed by atoms with van der Waals surface area (Å²) >= 11 is 0. The van der Waals surface area contributed by atoms with Crippen molar-refractivity contribution in [2.45, 2.75) is 44.9 Å². The van der Waals surface area contributed by atoms with Gasteiger partial charge in [0.25, 0.3) is 0 Å². The largest absolute Gasteiger partial charge is 0.496 e. The molecule has 2 heterocycles. The van der Waals surface area contributed by atoms with E-state index in [9.17, 15) is 0 Å². The molecule has 0 spiro atoms. The smallest absolute Gasteiger partial charge is 0.123 e. The Hall–Kier alpha value is -1.10. The molecule has 3 rings (SSSR count). The molecule has 0 bridgehead atoms. The van der Waals surface area contributed by atoms with E-state index in [0.717, 1.165) is 23.9 Å². The maximum atomic E-state index is 5.83. The Labute approximate surface area is 127 Å². The Morgan fingerprint density at radius 2 is 2.19 bits per heavy atom. The highest BCUT2D eigenvalue weighted by Gasteiger charge is 2.34. The fourth-order valence-electron chi connectivity index (χ4n) is 3.79. The molecule has 2 aliphatic rings. The monoisotopic (exact) mass is 289 g/mol. The summed E-state index contributed by atoms with van der Waals surface area (Å²) in [7, 11) is 1.70. The van der Waals surface area contributed by atoms with Gasteiger partial charge < -0.3 is 10.5 Å². The number of fused-ring (bicyclic) bond motifs is 1. The van der Waals surface area contributed by atoms with Gasteiger partial charge in [0.2, 0.25) is 0 Å². The van der Waals surface area contributed by atoms with Crippen LogP contribution in [0.2, 0.25) is 0 Å². The molecule has 0 aliphatic carbocycles. The van der Waals surface area contributed by atoms with Gasteiger partial charge in [0.15, 0.2) is 0 Å². The number of rotatable bonds is 4. The van der Waals surface area contributed by atoms with E-state index in [4.69, 9.17) is 10.5 Å². The zero-order valence-corrected chi connectivity index (χ0v) is 13.2. The standard InChI is InChI=1S/C17H27N3O/c1-13-10-19-7-3-4-16(19)12-20(13)11-14-5-6-17(21-2)15(8-14)9-18/h5-6,8,13,16H,3-4,7,9-12,18H2,1-2H3. The van der Waals surface area contributed by atoms with Crippen LogP contribution in [0.1, 0.15) is 30.9 Å². The number of hydrogen-bond acceptors (Lipinski definition) is 4. The second-order valence-electron chi connectivity index (χ2n) is 6.42. The summed E-state index contributed by atoms with van der Waals surface area (Å²) in [6.45, 7) is 7.60. The normalized spacial score (nSPS) is 26.8. The molecule has 2 N–H and O–H groups in total. The van der Waals surface area contributed by atoms with Crippen molar-refractivity contribution in [2.75, 3.05) is 26.7 Å². The van der Waals surface area contributed by atoms with Gasteiger partial charge in [0, 0.05) is 43.8 Å². The highest BCUT2D eigenvalue weighted by molar-refractivity contribution is 5.37. The molecule has 2 fully saturated rings. The van der Waals surface area contributed by atoms with E-state index in [0.29, 0.717) is 12.6 Å². The number of nitrogens with two attached hydrogens (primary N) is 1. The molecule has 2 saturated heterocycles. The molecule has 0 amide bonds. The van der Waals surface area contributed by atoms with Crippen molar-refractivity contribution < 1.29 is 4.74 Å². The lowest BCUT2D eigenvalue weighted by atomic mass is 10.0. The molecule has 4 heteroatoms. The molecule has 1 aromatic carbocycles. The van der Waals surface area contributed by atoms with E-state index in [1.54, 1.807) is 7.11 Å². The summed E-state index contributed by atoms with van der Waals surface area (Å²) < 4.78 is 5.36. The molecular weight excluding hydrogens is 262 g/mol. The van der Waals surface area contributed by atoms with Crippen LogP contribution < -0.4 is 10.5 Å². The summed E-state index contributed by atoms with van der Waals surface area (Å²) in [5.74, 6) is 0.898. The quantitative estimate of drug-likeness (QED) is 0.918. The second kappa shape index (κ2) is 6.34. The second-order valence-corrected chi connectivity index (χ2v) is 6.42. The van der Waals surface area contributed by atoms with Gasteiger partial charge in [0.1, 0.15) is 5.75 Å². The topological polar surface area (TPSA) is 41.7 Å². The Morgan fingerprint density at radius 3 is 2.95 bits per heavy atom. The van der Waals surface area contributed by atoms with Gasteiger partial charge in [-0.25, -0.2) is 0 Å². The predicted octanol–water partition coefficient (Wildman–Crippen LogP) is 1.82. The molecule has 21 heavy (non-hydrogen) atoms. The molecular formula is C17H27N3O. The average molecular weight is 289 g/mol. The zero-order valence-electron chi connectivity index (χ0n) is 13.2. The van der Waals surface area contributed by atoms with Gasteiger partial charge in [-0.1, -0.05) is 6.07 Å². The Balaban J connectivity index is 1.70. The lowest BCUT2D eigenvalue weighted by molar-refractivity contribution is 0.0540. The summed E-state index contributed by atoms with van der Waals surface area (Å²) in [5, 5.41) is 0. The van der Waals surface area contributed by atoms with Crippen LogP contribution in [0.3, 0.4) is 0 Å². The van der Waals surface area contributed by atoms with E-state index >= 15 is 0 Å². The van der Waals surface area contributed by atoms with Gasteiger partial charge >= 0.3 is 0 Å². The molecule has 2 atom stereocenters. The lowest BCUT2D eigenvalue weighted by Crippen LogP contribution is -2.54. The van der Waals surface area contributed by atoms with Crippen LogP contribution in [0.25, 0.3) is 0 Å². The van der Waals surface area contributed by atoms with Crippen LogP contribution in [-0.4, -0.2) is 48.6 Å². The Kier molecular flexibility index (Phi) is 4.48. The number of methoxy groups -OCH3 is 1. The summed E-state index contributed by atoms with van der Waals surface area (Å²) in [6, 6.07) is 7.82. The molecule has 2 aliphatic heterocycles. The maximum Gasteiger partial charge on any atom is 0.123 e. The average Bonchev–Trinajstić information content (AvgIpc) is 2.94. The number of hydrogen-bond donors (Lipinski definition) is 1. The van der Waals surface area contributed by atoms with Crippen LogP contribution in [0.15, 0.2) is 18.2 Å². The molecule has 0 saturated carbocycles. The van der Waals surface area contributed by atoms with Gasteiger partial charge in [0.05, 0.1) is 7.11 Å². The predicted molar refractivity (Wildman–Crippen MR) is 85.4 cm³/mol. The van der Waals surface area contributed by atoms with Crippen LogP contribution in [0, 0.1) is 0 Å². The first-order valence-corrected chi connectivity index (χ1v) is 8.05. The number of piperazine rings is 1. The van der Waals surface area contributed by atoms with E-state index < -0.39 is 0 Å². The van der Waals surface area contributed by atoms with E-state index in [2.05, 4.69) is 28.9 Å². The number of nitrogens with zero attached hydrogens (tertiary/aromatic N) is 2. The SMILES string of the molecule is COc1ccc(CN2CC3CCCN3CC2C)cc1CN. The van der Waals surface area contributed by atoms with Crippen LogP contribution in [0.5, 0.6) is 5.75 Å².